The summed E-state index contributed by atoms with van der Waals surface area (Å²) in [6.45, 7) is 6.26. The number of benzene rings is 2. The van der Waals surface area contributed by atoms with Crippen LogP contribution < -0.4 is 20.9 Å². The predicted octanol–water partition coefficient (Wildman–Crippen LogP) is 5.66. The number of carbonyl (C=O) groups excluding carboxylic acids is 1. The van der Waals surface area contributed by atoms with Crippen molar-refractivity contribution in [2.24, 2.45) is 0 Å². The number of para-hydroxylation sites is 2. The highest BCUT2D eigenvalue weighted by Gasteiger charge is 2.22. The lowest BCUT2D eigenvalue weighted by molar-refractivity contribution is 0.262. The van der Waals surface area contributed by atoms with Gasteiger partial charge < -0.3 is 20.9 Å². The van der Waals surface area contributed by atoms with E-state index in [9.17, 15) is 4.79 Å². The van der Waals surface area contributed by atoms with Gasteiger partial charge >= 0.3 is 6.03 Å². The molecule has 1 fully saturated rings. The van der Waals surface area contributed by atoms with E-state index in [1.54, 1.807) is 23.1 Å². The van der Waals surface area contributed by atoms with Gasteiger partial charge in [-0.25, -0.2) is 14.3 Å². The Morgan fingerprint density at radius 2 is 1.78 bits per heavy atom. The maximum absolute atomic E-state index is 12.9. The van der Waals surface area contributed by atoms with E-state index in [1.807, 2.05) is 42.5 Å². The van der Waals surface area contributed by atoms with E-state index < -0.39 is 0 Å². The molecule has 4 aromatic rings. The van der Waals surface area contributed by atoms with Crippen LogP contribution in [0.5, 0.6) is 0 Å². The van der Waals surface area contributed by atoms with E-state index >= 15 is 0 Å². The molecular formula is C27H30ClN7O. The van der Waals surface area contributed by atoms with Gasteiger partial charge in [0.25, 0.3) is 0 Å². The summed E-state index contributed by atoms with van der Waals surface area (Å²) in [6.07, 6.45) is 7.29. The van der Waals surface area contributed by atoms with Crippen molar-refractivity contribution in [3.8, 4) is 11.1 Å². The van der Waals surface area contributed by atoms with E-state index in [2.05, 4.69) is 50.8 Å². The maximum atomic E-state index is 12.9. The highest BCUT2D eigenvalue weighted by atomic mass is 35.5. The third-order valence-electron chi connectivity index (χ3n) is 6.33. The van der Waals surface area contributed by atoms with Gasteiger partial charge in [-0.15, -0.1) is 0 Å². The minimum atomic E-state index is -0.329. The first-order chi connectivity index (χ1) is 17.5. The fourth-order valence-corrected chi connectivity index (χ4v) is 4.80. The molecule has 0 atom stereocenters. The Balaban J connectivity index is 1.26. The van der Waals surface area contributed by atoms with Gasteiger partial charge in [-0.1, -0.05) is 49.7 Å². The predicted molar refractivity (Wildman–Crippen MR) is 146 cm³/mol. The summed E-state index contributed by atoms with van der Waals surface area (Å²) in [4.78, 5) is 19.7. The third-order valence-corrected chi connectivity index (χ3v) is 6.58. The van der Waals surface area contributed by atoms with Gasteiger partial charge in [0.1, 0.15) is 0 Å². The highest BCUT2D eigenvalue weighted by Crippen LogP contribution is 2.29. The molecule has 9 heteroatoms. The number of hydrogen-bond acceptors (Lipinski definition) is 5. The van der Waals surface area contributed by atoms with Crippen LogP contribution >= 0.6 is 11.6 Å². The molecule has 2 aromatic carbocycles. The number of anilines is 3. The van der Waals surface area contributed by atoms with Crippen molar-refractivity contribution in [3.05, 3.63) is 72.1 Å². The number of hydrogen-bond donors (Lipinski definition) is 3. The van der Waals surface area contributed by atoms with Gasteiger partial charge in [-0.2, -0.15) is 5.10 Å². The van der Waals surface area contributed by atoms with Crippen molar-refractivity contribution in [1.82, 2.24) is 19.9 Å². The van der Waals surface area contributed by atoms with Crippen molar-refractivity contribution in [1.29, 1.82) is 0 Å². The number of fused-ring (bicyclic) bond motifs is 1. The van der Waals surface area contributed by atoms with Crippen LogP contribution in [-0.4, -0.2) is 45.8 Å². The standard InChI is InChI=1S/C27H30ClN7O/c1-18(2)31-21-11-13-34(14-12-21)25-6-4-3-5-24(25)33-27(36)32-22-15-29-26-23(16-30-35(26)17-22)19-7-9-20(28)10-8-19/h3-10,15-18,21,31H,11-14H2,1-2H3,(H2,32,33,36). The fraction of sp³-hybridized carbons (Fsp3) is 0.296. The van der Waals surface area contributed by atoms with Crippen molar-refractivity contribution in [3.63, 3.8) is 0 Å². The molecule has 36 heavy (non-hydrogen) atoms. The molecule has 1 aliphatic rings. The Bertz CT molecular complexity index is 1340. The molecule has 2 aromatic heterocycles. The average molecular weight is 504 g/mol. The number of nitrogens with one attached hydrogen (secondary N) is 3. The van der Waals surface area contributed by atoms with Crippen LogP contribution in [0.25, 0.3) is 16.8 Å². The second-order valence-electron chi connectivity index (χ2n) is 9.35. The Labute approximate surface area is 215 Å². The van der Waals surface area contributed by atoms with Crippen molar-refractivity contribution in [2.75, 3.05) is 28.6 Å². The zero-order chi connectivity index (χ0) is 25.1. The zero-order valence-electron chi connectivity index (χ0n) is 20.4. The molecule has 3 heterocycles. The Hall–Kier alpha value is -3.62. The van der Waals surface area contributed by atoms with Gasteiger partial charge in [0.15, 0.2) is 5.65 Å². The molecule has 0 bridgehead atoms. The van der Waals surface area contributed by atoms with Crippen LogP contribution in [0.4, 0.5) is 21.9 Å². The molecule has 2 amide bonds. The number of urea groups is 1. The smallest absolute Gasteiger partial charge is 0.323 e. The van der Waals surface area contributed by atoms with E-state index in [-0.39, 0.29) is 6.03 Å². The number of piperidine rings is 1. The Morgan fingerprint density at radius 1 is 1.03 bits per heavy atom. The monoisotopic (exact) mass is 503 g/mol. The minimum Gasteiger partial charge on any atom is -0.370 e. The number of halogens is 1. The summed E-state index contributed by atoms with van der Waals surface area (Å²) in [7, 11) is 0. The summed E-state index contributed by atoms with van der Waals surface area (Å²) >= 11 is 6.01. The highest BCUT2D eigenvalue weighted by molar-refractivity contribution is 6.30. The van der Waals surface area contributed by atoms with E-state index in [1.165, 1.54) is 0 Å². The lowest BCUT2D eigenvalue weighted by Gasteiger charge is -2.35. The van der Waals surface area contributed by atoms with Gasteiger partial charge in [0, 0.05) is 35.8 Å². The number of amides is 2. The van der Waals surface area contributed by atoms with Gasteiger partial charge in [-0.3, -0.25) is 0 Å². The molecule has 0 spiro atoms. The van der Waals surface area contributed by atoms with Crippen LogP contribution in [0, 0.1) is 0 Å². The van der Waals surface area contributed by atoms with E-state index in [0.29, 0.717) is 28.4 Å². The quantitative estimate of drug-likeness (QED) is 0.316. The summed E-state index contributed by atoms with van der Waals surface area (Å²) in [5.74, 6) is 0. The van der Waals surface area contributed by atoms with Crippen molar-refractivity contribution < 1.29 is 4.79 Å². The number of nitrogens with zero attached hydrogens (tertiary/aromatic N) is 4. The van der Waals surface area contributed by atoms with Gasteiger partial charge in [-0.05, 0) is 42.7 Å². The van der Waals surface area contributed by atoms with Crippen LogP contribution in [-0.2, 0) is 0 Å². The SMILES string of the molecule is CC(C)NC1CCN(c2ccccc2NC(=O)Nc2cnc3c(-c4ccc(Cl)cc4)cnn3c2)CC1. The topological polar surface area (TPSA) is 86.6 Å². The molecule has 5 rings (SSSR count). The number of aromatic nitrogens is 3. The second kappa shape index (κ2) is 10.6. The molecule has 0 aliphatic carbocycles. The maximum Gasteiger partial charge on any atom is 0.323 e. The minimum absolute atomic E-state index is 0.329. The lowest BCUT2D eigenvalue weighted by atomic mass is 10.0. The van der Waals surface area contributed by atoms with E-state index in [4.69, 9.17) is 11.6 Å². The van der Waals surface area contributed by atoms with Crippen molar-refractivity contribution in [2.45, 2.75) is 38.8 Å². The van der Waals surface area contributed by atoms with Crippen LogP contribution in [0.15, 0.2) is 67.1 Å². The second-order valence-corrected chi connectivity index (χ2v) is 9.79. The number of carbonyl (C=O) groups is 1. The zero-order valence-corrected chi connectivity index (χ0v) is 21.2. The summed E-state index contributed by atoms with van der Waals surface area (Å²) in [5.41, 5.74) is 4.92. The van der Waals surface area contributed by atoms with E-state index in [0.717, 1.165) is 48.4 Å². The first kappa shape index (κ1) is 24.1. The van der Waals surface area contributed by atoms with Crippen molar-refractivity contribution >= 4 is 40.3 Å². The molecule has 8 nitrogen and oxygen atoms in total. The third kappa shape index (κ3) is 5.45. The Kier molecular flexibility index (Phi) is 7.06. The summed E-state index contributed by atoms with van der Waals surface area (Å²) in [6, 6.07) is 16.2. The average Bonchev–Trinajstić information content (AvgIpc) is 3.28. The van der Waals surface area contributed by atoms with Gasteiger partial charge in [0.05, 0.1) is 35.7 Å². The molecule has 186 valence electrons. The first-order valence-corrected chi connectivity index (χ1v) is 12.6. The lowest BCUT2D eigenvalue weighted by Crippen LogP contribution is -2.45. The largest absolute Gasteiger partial charge is 0.370 e. The first-order valence-electron chi connectivity index (χ1n) is 12.2. The normalized spacial score (nSPS) is 14.4. The molecule has 1 aliphatic heterocycles. The molecular weight excluding hydrogens is 474 g/mol. The molecule has 0 unspecified atom stereocenters. The molecule has 0 radical (unpaired) electrons. The summed E-state index contributed by atoms with van der Waals surface area (Å²) in [5, 5.41) is 14.6. The van der Waals surface area contributed by atoms with Crippen LogP contribution in [0.3, 0.4) is 0 Å². The van der Waals surface area contributed by atoms with Crippen LogP contribution in [0.1, 0.15) is 26.7 Å². The number of rotatable bonds is 6. The van der Waals surface area contributed by atoms with Gasteiger partial charge in [0.2, 0.25) is 0 Å². The Morgan fingerprint density at radius 3 is 2.53 bits per heavy atom. The van der Waals surface area contributed by atoms with Crippen LogP contribution in [0.2, 0.25) is 5.02 Å². The molecule has 3 N–H and O–H groups in total. The summed E-state index contributed by atoms with van der Waals surface area (Å²) < 4.78 is 1.66. The molecule has 0 saturated carbocycles. The fourth-order valence-electron chi connectivity index (χ4n) is 4.67. The molecule has 1 saturated heterocycles.